The van der Waals surface area contributed by atoms with Crippen molar-refractivity contribution in [3.05, 3.63) is 33.7 Å². The highest BCUT2D eigenvalue weighted by Crippen LogP contribution is 2.17. The largest absolute Gasteiger partial charge is 0.353 e. The number of fused-ring (bicyclic) bond motifs is 1. The van der Waals surface area contributed by atoms with E-state index in [2.05, 4.69) is 10.3 Å². The molecule has 8 heteroatoms. The summed E-state index contributed by atoms with van der Waals surface area (Å²) in [5.41, 5.74) is 6.51. The number of carbonyl (C=O) groups excluding carboxylic acids is 1. The fourth-order valence-electron chi connectivity index (χ4n) is 2.74. The van der Waals surface area contributed by atoms with Gasteiger partial charge in [-0.15, -0.1) is 23.1 Å². The summed E-state index contributed by atoms with van der Waals surface area (Å²) in [7, 11) is 0. The summed E-state index contributed by atoms with van der Waals surface area (Å²) in [6.07, 6.45) is 5.60. The molecule has 0 aliphatic heterocycles. The molecule has 0 bridgehead atoms. The predicted molar refractivity (Wildman–Crippen MR) is 93.9 cm³/mol. The predicted octanol–water partition coefficient (Wildman–Crippen LogP) is 1.38. The zero-order chi connectivity index (χ0) is 16.2. The average Bonchev–Trinajstić information content (AvgIpc) is 2.99. The van der Waals surface area contributed by atoms with E-state index in [1.54, 1.807) is 6.20 Å². The van der Waals surface area contributed by atoms with Gasteiger partial charge in [0.2, 0.25) is 5.91 Å². The van der Waals surface area contributed by atoms with Crippen LogP contribution >= 0.6 is 23.1 Å². The molecular formula is C15H20N4O2S2. The fourth-order valence-corrected chi connectivity index (χ4v) is 4.21. The number of thioether (sulfide) groups is 1. The van der Waals surface area contributed by atoms with Gasteiger partial charge >= 0.3 is 0 Å². The molecule has 1 aliphatic rings. The number of thiazole rings is 1. The van der Waals surface area contributed by atoms with Gasteiger partial charge in [0.05, 0.1) is 11.4 Å². The Kier molecular flexibility index (Phi) is 5.34. The second kappa shape index (κ2) is 7.46. The molecule has 0 atom stereocenters. The summed E-state index contributed by atoms with van der Waals surface area (Å²) >= 11 is 2.91. The van der Waals surface area contributed by atoms with E-state index in [4.69, 9.17) is 5.73 Å². The second-order valence-corrected chi connectivity index (χ2v) is 7.67. The third kappa shape index (κ3) is 4.33. The Bertz CT molecular complexity index is 734. The molecule has 1 aliphatic carbocycles. The normalized spacial score (nSPS) is 21.4. The van der Waals surface area contributed by atoms with Crippen molar-refractivity contribution >= 4 is 34.0 Å². The summed E-state index contributed by atoms with van der Waals surface area (Å²) < 4.78 is 1.53. The molecule has 0 saturated heterocycles. The Labute approximate surface area is 142 Å². The summed E-state index contributed by atoms with van der Waals surface area (Å²) in [4.78, 5) is 29.0. The van der Waals surface area contributed by atoms with Gasteiger partial charge in [-0.1, -0.05) is 0 Å². The summed E-state index contributed by atoms with van der Waals surface area (Å²) in [6.45, 7) is 0. The Morgan fingerprint density at radius 1 is 1.43 bits per heavy atom. The van der Waals surface area contributed by atoms with Crippen LogP contribution in [0.4, 0.5) is 0 Å². The summed E-state index contributed by atoms with van der Waals surface area (Å²) in [6, 6.07) is 2.08. The number of hydrogen-bond acceptors (Lipinski definition) is 6. The number of rotatable bonds is 5. The van der Waals surface area contributed by atoms with Gasteiger partial charge in [-0.2, -0.15) is 0 Å². The molecule has 0 aromatic carbocycles. The SMILES string of the molecule is NC1CCC(NC(=O)CSCc2cc(=O)n3ccsc3n2)CC1. The lowest BCUT2D eigenvalue weighted by molar-refractivity contribution is -0.119. The van der Waals surface area contributed by atoms with Crippen molar-refractivity contribution in [2.24, 2.45) is 5.73 Å². The quantitative estimate of drug-likeness (QED) is 0.848. The number of hydrogen-bond donors (Lipinski definition) is 2. The van der Waals surface area contributed by atoms with Crippen molar-refractivity contribution in [3.8, 4) is 0 Å². The molecule has 2 aromatic rings. The third-order valence-corrected chi connectivity index (χ3v) is 5.70. The molecule has 6 nitrogen and oxygen atoms in total. The number of carbonyl (C=O) groups is 1. The molecule has 23 heavy (non-hydrogen) atoms. The van der Waals surface area contributed by atoms with Crippen molar-refractivity contribution in [1.29, 1.82) is 0 Å². The number of amides is 1. The molecule has 0 unspecified atom stereocenters. The van der Waals surface area contributed by atoms with Crippen LogP contribution in [0.1, 0.15) is 31.4 Å². The van der Waals surface area contributed by atoms with Crippen molar-refractivity contribution in [1.82, 2.24) is 14.7 Å². The van der Waals surface area contributed by atoms with Gasteiger partial charge in [0.15, 0.2) is 4.96 Å². The van der Waals surface area contributed by atoms with Crippen LogP contribution in [0.3, 0.4) is 0 Å². The van der Waals surface area contributed by atoms with Crippen LogP contribution in [-0.2, 0) is 10.5 Å². The highest BCUT2D eigenvalue weighted by atomic mass is 32.2. The van der Waals surface area contributed by atoms with Gasteiger partial charge in [-0.05, 0) is 25.7 Å². The lowest BCUT2D eigenvalue weighted by Crippen LogP contribution is -2.41. The van der Waals surface area contributed by atoms with Gasteiger partial charge in [0.25, 0.3) is 5.56 Å². The van der Waals surface area contributed by atoms with Crippen LogP contribution in [0.2, 0.25) is 0 Å². The minimum atomic E-state index is -0.0742. The molecule has 1 saturated carbocycles. The van der Waals surface area contributed by atoms with E-state index in [-0.39, 0.29) is 23.6 Å². The first-order chi connectivity index (χ1) is 11.1. The highest BCUT2D eigenvalue weighted by molar-refractivity contribution is 7.99. The number of nitrogens with one attached hydrogen (secondary N) is 1. The van der Waals surface area contributed by atoms with E-state index in [9.17, 15) is 9.59 Å². The molecule has 1 amide bonds. The first kappa shape index (κ1) is 16.5. The van der Waals surface area contributed by atoms with E-state index >= 15 is 0 Å². The van der Waals surface area contributed by atoms with E-state index in [0.29, 0.717) is 16.5 Å². The molecule has 124 valence electrons. The maximum absolute atomic E-state index is 12.0. The number of aromatic nitrogens is 2. The Morgan fingerprint density at radius 2 is 2.22 bits per heavy atom. The molecule has 0 radical (unpaired) electrons. The van der Waals surface area contributed by atoms with Crippen LogP contribution in [0, 0.1) is 0 Å². The summed E-state index contributed by atoms with van der Waals surface area (Å²) in [5.74, 6) is 0.991. The van der Waals surface area contributed by atoms with Crippen LogP contribution in [0.15, 0.2) is 22.4 Å². The van der Waals surface area contributed by atoms with E-state index in [1.807, 2.05) is 5.38 Å². The minimum absolute atomic E-state index is 0.0457. The number of nitrogens with zero attached hydrogens (tertiary/aromatic N) is 2. The zero-order valence-electron chi connectivity index (χ0n) is 12.7. The van der Waals surface area contributed by atoms with Crippen molar-refractivity contribution in [2.75, 3.05) is 5.75 Å². The van der Waals surface area contributed by atoms with Gasteiger partial charge in [-0.25, -0.2) is 4.98 Å². The van der Waals surface area contributed by atoms with Crippen molar-refractivity contribution in [3.63, 3.8) is 0 Å². The first-order valence-electron chi connectivity index (χ1n) is 7.70. The molecule has 1 fully saturated rings. The summed E-state index contributed by atoms with van der Waals surface area (Å²) in [5, 5.41) is 4.90. The van der Waals surface area contributed by atoms with Crippen LogP contribution in [0.5, 0.6) is 0 Å². The fraction of sp³-hybridized carbons (Fsp3) is 0.533. The third-order valence-electron chi connectivity index (χ3n) is 3.98. The standard InChI is InChI=1S/C15H20N4O2S2/c16-10-1-3-11(4-2-10)17-13(20)9-22-8-12-7-14(21)19-5-6-23-15(19)18-12/h5-7,10-11H,1-4,8-9,16H2,(H,17,20). The van der Waals surface area contributed by atoms with Crippen LogP contribution in [-0.4, -0.2) is 33.1 Å². The molecule has 3 N–H and O–H groups in total. The van der Waals surface area contributed by atoms with Crippen LogP contribution in [0.25, 0.3) is 4.96 Å². The smallest absolute Gasteiger partial charge is 0.258 e. The van der Waals surface area contributed by atoms with E-state index < -0.39 is 0 Å². The minimum Gasteiger partial charge on any atom is -0.353 e. The lowest BCUT2D eigenvalue weighted by Gasteiger charge is -2.26. The van der Waals surface area contributed by atoms with Crippen molar-refractivity contribution in [2.45, 2.75) is 43.5 Å². The van der Waals surface area contributed by atoms with Gasteiger partial charge in [0, 0.05) is 35.5 Å². The molecular weight excluding hydrogens is 332 g/mol. The molecule has 3 rings (SSSR count). The van der Waals surface area contributed by atoms with E-state index in [1.165, 1.54) is 33.6 Å². The molecule has 2 heterocycles. The average molecular weight is 352 g/mol. The van der Waals surface area contributed by atoms with Gasteiger partial charge in [0.1, 0.15) is 0 Å². The highest BCUT2D eigenvalue weighted by Gasteiger charge is 2.19. The van der Waals surface area contributed by atoms with Gasteiger partial charge < -0.3 is 11.1 Å². The van der Waals surface area contributed by atoms with Gasteiger partial charge in [-0.3, -0.25) is 14.0 Å². The Morgan fingerprint density at radius 3 is 3.00 bits per heavy atom. The number of nitrogens with two attached hydrogens (primary N) is 1. The van der Waals surface area contributed by atoms with E-state index in [0.717, 1.165) is 31.4 Å². The van der Waals surface area contributed by atoms with Crippen molar-refractivity contribution < 1.29 is 4.79 Å². The Hall–Kier alpha value is -1.38. The maximum atomic E-state index is 12.0. The first-order valence-corrected chi connectivity index (χ1v) is 9.74. The topological polar surface area (TPSA) is 89.5 Å². The van der Waals surface area contributed by atoms with Crippen LogP contribution < -0.4 is 16.6 Å². The Balaban J connectivity index is 1.46. The second-order valence-electron chi connectivity index (χ2n) is 5.81. The zero-order valence-corrected chi connectivity index (χ0v) is 14.4. The maximum Gasteiger partial charge on any atom is 0.258 e. The molecule has 2 aromatic heterocycles. The lowest BCUT2D eigenvalue weighted by atomic mass is 9.92. The monoisotopic (exact) mass is 352 g/mol. The molecule has 0 spiro atoms.